The highest BCUT2D eigenvalue weighted by atomic mass is 19.1. The van der Waals surface area contributed by atoms with E-state index in [2.05, 4.69) is 5.32 Å². The molecule has 0 bridgehead atoms. The van der Waals surface area contributed by atoms with E-state index in [0.717, 1.165) is 24.9 Å². The van der Waals surface area contributed by atoms with Crippen LogP contribution in [0.25, 0.3) is 0 Å². The van der Waals surface area contributed by atoms with Crippen molar-refractivity contribution in [3.63, 3.8) is 0 Å². The summed E-state index contributed by atoms with van der Waals surface area (Å²) in [6.07, 6.45) is 3.17. The second-order valence-corrected chi connectivity index (χ2v) is 4.89. The van der Waals surface area contributed by atoms with Crippen LogP contribution in [0.5, 0.6) is 5.75 Å². The second kappa shape index (κ2) is 5.91. The van der Waals surface area contributed by atoms with Gasteiger partial charge in [-0.05, 0) is 31.4 Å². The van der Waals surface area contributed by atoms with Gasteiger partial charge in [0.1, 0.15) is 0 Å². The molecule has 4 nitrogen and oxygen atoms in total. The first-order valence-corrected chi connectivity index (χ1v) is 6.43. The molecule has 104 valence electrons. The summed E-state index contributed by atoms with van der Waals surface area (Å²) in [5, 5.41) is 12.3. The Kier molecular flexibility index (Phi) is 4.24. The Bertz CT molecular complexity index is 464. The minimum atomic E-state index is -0.733. The molecule has 0 heterocycles. The molecule has 0 radical (unpaired) electrons. The summed E-state index contributed by atoms with van der Waals surface area (Å²) in [4.78, 5) is 11.0. The molecular formula is C14H18FNO3. The van der Waals surface area contributed by atoms with Crippen molar-refractivity contribution in [2.24, 2.45) is 5.92 Å². The predicted molar refractivity (Wildman–Crippen MR) is 70.0 cm³/mol. The molecule has 1 saturated carbocycles. The van der Waals surface area contributed by atoms with E-state index in [-0.39, 0.29) is 17.7 Å². The van der Waals surface area contributed by atoms with Crippen LogP contribution in [0.15, 0.2) is 18.2 Å². The number of hydrogen-bond donors (Lipinski definition) is 2. The van der Waals surface area contributed by atoms with E-state index in [1.807, 2.05) is 0 Å². The van der Waals surface area contributed by atoms with Crippen LogP contribution in [-0.4, -0.2) is 24.2 Å². The molecule has 2 unspecified atom stereocenters. The number of aliphatic carboxylic acids is 1. The van der Waals surface area contributed by atoms with Gasteiger partial charge in [0.05, 0.1) is 13.0 Å². The van der Waals surface area contributed by atoms with Crippen molar-refractivity contribution in [2.75, 3.05) is 12.4 Å². The van der Waals surface area contributed by atoms with Gasteiger partial charge in [-0.15, -0.1) is 0 Å². The summed E-state index contributed by atoms with van der Waals surface area (Å²) in [5.74, 6) is -1.23. The van der Waals surface area contributed by atoms with E-state index in [1.165, 1.54) is 13.2 Å². The average Bonchev–Trinajstić information content (AvgIpc) is 2.41. The fourth-order valence-corrected chi connectivity index (χ4v) is 2.53. The number of nitrogens with one attached hydrogen (secondary N) is 1. The van der Waals surface area contributed by atoms with Crippen molar-refractivity contribution < 1.29 is 19.0 Å². The Balaban J connectivity index is 2.02. The highest BCUT2D eigenvalue weighted by Gasteiger charge is 2.26. The van der Waals surface area contributed by atoms with E-state index in [4.69, 9.17) is 9.84 Å². The molecule has 1 aromatic rings. The summed E-state index contributed by atoms with van der Waals surface area (Å²) >= 11 is 0. The number of ether oxygens (including phenoxy) is 1. The number of halogens is 1. The topological polar surface area (TPSA) is 58.6 Å². The molecule has 19 heavy (non-hydrogen) atoms. The molecular weight excluding hydrogens is 249 g/mol. The molecule has 1 aromatic carbocycles. The molecule has 0 spiro atoms. The van der Waals surface area contributed by atoms with Gasteiger partial charge in [0.15, 0.2) is 11.6 Å². The summed E-state index contributed by atoms with van der Waals surface area (Å²) in [6.45, 7) is 0. The van der Waals surface area contributed by atoms with Gasteiger partial charge in [0.25, 0.3) is 0 Å². The maximum Gasteiger partial charge on any atom is 0.306 e. The van der Waals surface area contributed by atoms with Crippen molar-refractivity contribution in [2.45, 2.75) is 31.7 Å². The number of carboxylic acids is 1. The number of carbonyl (C=O) groups is 1. The number of benzene rings is 1. The van der Waals surface area contributed by atoms with E-state index in [1.54, 1.807) is 12.1 Å². The van der Waals surface area contributed by atoms with Crippen LogP contribution in [0, 0.1) is 11.7 Å². The largest absolute Gasteiger partial charge is 0.494 e. The zero-order valence-corrected chi connectivity index (χ0v) is 10.9. The zero-order valence-electron chi connectivity index (χ0n) is 10.9. The predicted octanol–water partition coefficient (Wildman–Crippen LogP) is 2.89. The van der Waals surface area contributed by atoms with E-state index >= 15 is 0 Å². The van der Waals surface area contributed by atoms with Crippen LogP contribution < -0.4 is 10.1 Å². The summed E-state index contributed by atoms with van der Waals surface area (Å²) in [5.41, 5.74) is 0.759. The van der Waals surface area contributed by atoms with Crippen LogP contribution in [0.2, 0.25) is 0 Å². The number of anilines is 1. The number of methoxy groups -OCH3 is 1. The lowest BCUT2D eigenvalue weighted by atomic mass is 9.85. The summed E-state index contributed by atoms with van der Waals surface area (Å²) < 4.78 is 18.2. The molecule has 2 rings (SSSR count). The minimum Gasteiger partial charge on any atom is -0.494 e. The SMILES string of the molecule is COc1cc(NC2CCCC(C(=O)O)C2)ccc1F. The molecule has 1 aliphatic carbocycles. The van der Waals surface area contributed by atoms with Crippen LogP contribution in [0.1, 0.15) is 25.7 Å². The van der Waals surface area contributed by atoms with Crippen LogP contribution in [-0.2, 0) is 4.79 Å². The third kappa shape index (κ3) is 3.36. The molecule has 0 amide bonds. The van der Waals surface area contributed by atoms with Gasteiger partial charge >= 0.3 is 5.97 Å². The van der Waals surface area contributed by atoms with Crippen molar-refractivity contribution in [3.05, 3.63) is 24.0 Å². The highest BCUT2D eigenvalue weighted by molar-refractivity contribution is 5.70. The molecule has 2 atom stereocenters. The first-order valence-electron chi connectivity index (χ1n) is 6.43. The Morgan fingerprint density at radius 1 is 1.47 bits per heavy atom. The molecule has 0 saturated heterocycles. The third-order valence-corrected chi connectivity index (χ3v) is 3.55. The van der Waals surface area contributed by atoms with Crippen molar-refractivity contribution >= 4 is 11.7 Å². The zero-order chi connectivity index (χ0) is 13.8. The van der Waals surface area contributed by atoms with Gasteiger partial charge in [-0.25, -0.2) is 4.39 Å². The summed E-state index contributed by atoms with van der Waals surface area (Å²) in [7, 11) is 1.42. The van der Waals surface area contributed by atoms with E-state index < -0.39 is 11.8 Å². The molecule has 5 heteroatoms. The van der Waals surface area contributed by atoms with Gasteiger partial charge < -0.3 is 15.2 Å². The lowest BCUT2D eigenvalue weighted by Crippen LogP contribution is -2.30. The Morgan fingerprint density at radius 2 is 2.26 bits per heavy atom. The molecule has 0 aliphatic heterocycles. The normalized spacial score (nSPS) is 22.8. The van der Waals surface area contributed by atoms with Gasteiger partial charge in [0, 0.05) is 17.8 Å². The molecule has 0 aromatic heterocycles. The molecule has 1 aliphatic rings. The van der Waals surface area contributed by atoms with E-state index in [0.29, 0.717) is 6.42 Å². The number of rotatable bonds is 4. The van der Waals surface area contributed by atoms with Gasteiger partial charge in [-0.3, -0.25) is 4.79 Å². The quantitative estimate of drug-likeness (QED) is 0.880. The van der Waals surface area contributed by atoms with Crippen molar-refractivity contribution in [3.8, 4) is 5.75 Å². The minimum absolute atomic E-state index is 0.116. The maximum atomic E-state index is 13.3. The monoisotopic (exact) mass is 267 g/mol. The van der Waals surface area contributed by atoms with Gasteiger partial charge in [0.2, 0.25) is 0 Å². The molecule has 2 N–H and O–H groups in total. The Labute approximate surface area is 111 Å². The van der Waals surface area contributed by atoms with E-state index in [9.17, 15) is 9.18 Å². The number of carboxylic acid groups (broad SMARTS) is 1. The van der Waals surface area contributed by atoms with Crippen LogP contribution >= 0.6 is 0 Å². The third-order valence-electron chi connectivity index (χ3n) is 3.55. The molecule has 1 fully saturated rings. The summed E-state index contributed by atoms with van der Waals surface area (Å²) in [6, 6.07) is 4.70. The van der Waals surface area contributed by atoms with Gasteiger partial charge in [-0.2, -0.15) is 0 Å². The van der Waals surface area contributed by atoms with Gasteiger partial charge in [-0.1, -0.05) is 6.42 Å². The highest BCUT2D eigenvalue weighted by Crippen LogP contribution is 2.28. The fourth-order valence-electron chi connectivity index (χ4n) is 2.53. The first-order chi connectivity index (χ1) is 9.10. The average molecular weight is 267 g/mol. The van der Waals surface area contributed by atoms with Crippen molar-refractivity contribution in [1.29, 1.82) is 0 Å². The standard InChI is InChI=1S/C14H18FNO3/c1-19-13-8-11(5-6-12(13)15)16-10-4-2-3-9(7-10)14(17)18/h5-6,8-10,16H,2-4,7H2,1H3,(H,17,18). The Morgan fingerprint density at radius 3 is 2.95 bits per heavy atom. The lowest BCUT2D eigenvalue weighted by Gasteiger charge is -2.28. The smallest absolute Gasteiger partial charge is 0.306 e. The lowest BCUT2D eigenvalue weighted by molar-refractivity contribution is -0.142. The van der Waals surface area contributed by atoms with Crippen LogP contribution in [0.4, 0.5) is 10.1 Å². The Hall–Kier alpha value is -1.78. The van der Waals surface area contributed by atoms with Crippen molar-refractivity contribution in [1.82, 2.24) is 0 Å². The fraction of sp³-hybridized carbons (Fsp3) is 0.500. The number of hydrogen-bond acceptors (Lipinski definition) is 3. The van der Waals surface area contributed by atoms with Crippen LogP contribution in [0.3, 0.4) is 0 Å². The second-order valence-electron chi connectivity index (χ2n) is 4.89. The first kappa shape index (κ1) is 13.6. The maximum absolute atomic E-state index is 13.3.